The van der Waals surface area contributed by atoms with Crippen molar-refractivity contribution >= 4 is 28.2 Å². The van der Waals surface area contributed by atoms with Crippen molar-refractivity contribution < 1.29 is 19.0 Å². The number of carbonyl (C=O) groups is 1. The molecule has 2 atom stereocenters. The Hall–Kier alpha value is -2.81. The Bertz CT molecular complexity index is 1130. The predicted octanol–water partition coefficient (Wildman–Crippen LogP) is 2.93. The minimum absolute atomic E-state index is 0.0330. The lowest BCUT2D eigenvalue weighted by Crippen LogP contribution is -2.49. The van der Waals surface area contributed by atoms with Crippen LogP contribution < -0.4 is 20.8 Å². The van der Waals surface area contributed by atoms with E-state index in [-0.39, 0.29) is 28.6 Å². The smallest absolute Gasteiger partial charge is 0.341 e. The topological polar surface area (TPSA) is 101 Å². The molecule has 0 bridgehead atoms. The zero-order chi connectivity index (χ0) is 23.3. The number of carboxylic acid groups (broad SMARTS) is 1. The number of fused-ring (bicyclic) bond motifs is 1. The summed E-state index contributed by atoms with van der Waals surface area (Å²) in [6.07, 6.45) is 4.85. The van der Waals surface area contributed by atoms with Crippen LogP contribution in [-0.4, -0.2) is 60.9 Å². The molecule has 2 aromatic rings. The van der Waals surface area contributed by atoms with E-state index in [2.05, 4.69) is 25.9 Å². The number of piperidine rings is 1. The molecule has 1 saturated heterocycles. The zero-order valence-corrected chi connectivity index (χ0v) is 19.0. The van der Waals surface area contributed by atoms with E-state index in [0.717, 1.165) is 25.7 Å². The van der Waals surface area contributed by atoms with Gasteiger partial charge in [0.15, 0.2) is 11.6 Å². The van der Waals surface area contributed by atoms with Crippen molar-refractivity contribution in [1.82, 2.24) is 9.47 Å². The Morgan fingerprint density at radius 2 is 2.03 bits per heavy atom. The maximum absolute atomic E-state index is 15.8. The van der Waals surface area contributed by atoms with Gasteiger partial charge in [-0.2, -0.15) is 0 Å². The quantitative estimate of drug-likeness (QED) is 0.658. The molecule has 1 aliphatic carbocycles. The molecule has 1 aromatic carbocycles. The summed E-state index contributed by atoms with van der Waals surface area (Å²) in [7, 11) is 5.57. The molecular weight excluding hydrogens is 415 g/mol. The van der Waals surface area contributed by atoms with Crippen LogP contribution in [-0.2, 0) is 0 Å². The lowest BCUT2D eigenvalue weighted by molar-refractivity contribution is 0.0695. The number of ether oxygens (including phenoxy) is 1. The second kappa shape index (κ2) is 8.27. The Kier molecular flexibility index (Phi) is 5.79. The molecular formula is C23H31FN4O4. The molecule has 8 nitrogen and oxygen atoms in total. The van der Waals surface area contributed by atoms with Crippen LogP contribution in [0.1, 0.15) is 49.0 Å². The standard InChI is InChI=1S/C23H31FN4O4/c1-5-12-10-27(9-8-15(12)26(2)3)20-17(24)18(25)16-19(22(20)32-4)28(13-6-7-13)11-14(21(16)29)23(30)31/h11-13,15H,5-10,25H2,1-4H3,(H,30,31). The number of pyridine rings is 1. The van der Waals surface area contributed by atoms with Crippen molar-refractivity contribution in [3.63, 3.8) is 0 Å². The minimum atomic E-state index is -1.36. The summed E-state index contributed by atoms with van der Waals surface area (Å²) in [5, 5.41) is 9.41. The number of halogens is 1. The van der Waals surface area contributed by atoms with E-state index in [9.17, 15) is 14.7 Å². The average Bonchev–Trinajstić information content (AvgIpc) is 3.60. The molecule has 0 spiro atoms. The molecule has 1 aliphatic heterocycles. The van der Waals surface area contributed by atoms with Gasteiger partial charge in [-0.3, -0.25) is 4.79 Å². The van der Waals surface area contributed by atoms with Crippen molar-refractivity contribution in [1.29, 1.82) is 0 Å². The van der Waals surface area contributed by atoms with E-state index in [0.29, 0.717) is 30.6 Å². The summed E-state index contributed by atoms with van der Waals surface area (Å²) in [6, 6.07) is 0.427. The predicted molar refractivity (Wildman–Crippen MR) is 122 cm³/mol. The molecule has 2 fully saturated rings. The third-order valence-corrected chi connectivity index (χ3v) is 6.95. The number of methoxy groups -OCH3 is 1. The van der Waals surface area contributed by atoms with Crippen LogP contribution in [0.25, 0.3) is 10.9 Å². The van der Waals surface area contributed by atoms with E-state index in [1.165, 1.54) is 13.3 Å². The van der Waals surface area contributed by atoms with Gasteiger partial charge in [0.1, 0.15) is 11.3 Å². The fourth-order valence-electron chi connectivity index (χ4n) is 5.14. The second-order valence-corrected chi connectivity index (χ2v) is 9.08. The number of carboxylic acids is 1. The van der Waals surface area contributed by atoms with Crippen molar-refractivity contribution in [3.8, 4) is 5.75 Å². The molecule has 0 radical (unpaired) electrons. The Labute approximate surface area is 186 Å². The summed E-state index contributed by atoms with van der Waals surface area (Å²) in [4.78, 5) is 28.9. The van der Waals surface area contributed by atoms with Gasteiger partial charge in [-0.25, -0.2) is 9.18 Å². The molecule has 9 heteroatoms. The number of nitrogens with zero attached hydrogens (tertiary/aromatic N) is 3. The number of rotatable bonds is 6. The van der Waals surface area contributed by atoms with Crippen LogP contribution in [0, 0.1) is 11.7 Å². The summed E-state index contributed by atoms with van der Waals surface area (Å²) in [5.74, 6) is -1.51. The number of nitrogen functional groups attached to an aromatic ring is 1. The fourth-order valence-corrected chi connectivity index (χ4v) is 5.14. The molecule has 1 aromatic heterocycles. The van der Waals surface area contributed by atoms with Gasteiger partial charge in [-0.1, -0.05) is 13.3 Å². The van der Waals surface area contributed by atoms with Crippen LogP contribution in [0.15, 0.2) is 11.0 Å². The van der Waals surface area contributed by atoms with Gasteiger partial charge < -0.3 is 29.9 Å². The minimum Gasteiger partial charge on any atom is -0.492 e. The second-order valence-electron chi connectivity index (χ2n) is 9.08. The molecule has 32 heavy (non-hydrogen) atoms. The van der Waals surface area contributed by atoms with Crippen molar-refractivity contribution in [2.75, 3.05) is 44.9 Å². The number of anilines is 2. The van der Waals surface area contributed by atoms with E-state index in [4.69, 9.17) is 10.5 Å². The summed E-state index contributed by atoms with van der Waals surface area (Å²) >= 11 is 0. The molecule has 0 amide bonds. The van der Waals surface area contributed by atoms with Crippen LogP contribution in [0.5, 0.6) is 5.75 Å². The molecule has 2 aliphatic rings. The van der Waals surface area contributed by atoms with E-state index in [1.54, 1.807) is 4.57 Å². The highest BCUT2D eigenvalue weighted by Gasteiger charge is 2.36. The van der Waals surface area contributed by atoms with Gasteiger partial charge >= 0.3 is 5.97 Å². The third kappa shape index (κ3) is 3.48. The van der Waals surface area contributed by atoms with Crippen LogP contribution in [0.3, 0.4) is 0 Å². The maximum atomic E-state index is 15.8. The number of aromatic nitrogens is 1. The lowest BCUT2D eigenvalue weighted by atomic mass is 9.88. The first kappa shape index (κ1) is 22.4. The molecule has 4 rings (SSSR count). The molecule has 2 heterocycles. The van der Waals surface area contributed by atoms with Gasteiger partial charge in [0.2, 0.25) is 5.43 Å². The number of hydrogen-bond donors (Lipinski definition) is 2. The number of aromatic carboxylic acids is 1. The number of nitrogens with two attached hydrogens (primary N) is 1. The highest BCUT2D eigenvalue weighted by molar-refractivity contribution is 6.03. The van der Waals surface area contributed by atoms with Crippen molar-refractivity contribution in [2.24, 2.45) is 5.92 Å². The molecule has 2 unspecified atom stereocenters. The Morgan fingerprint density at radius 1 is 1.34 bits per heavy atom. The van der Waals surface area contributed by atoms with Crippen molar-refractivity contribution in [2.45, 2.75) is 44.7 Å². The molecule has 1 saturated carbocycles. The SMILES string of the molecule is CCC1CN(c2c(F)c(N)c3c(=O)c(C(=O)O)cn(C4CC4)c3c2OC)CCC1N(C)C. The fraction of sp³-hybridized carbons (Fsp3) is 0.565. The van der Waals surface area contributed by atoms with Gasteiger partial charge in [-0.05, 0) is 39.3 Å². The van der Waals surface area contributed by atoms with Crippen LogP contribution in [0.4, 0.5) is 15.8 Å². The number of hydrogen-bond acceptors (Lipinski definition) is 6. The van der Waals surface area contributed by atoms with Gasteiger partial charge in [0.25, 0.3) is 0 Å². The maximum Gasteiger partial charge on any atom is 0.341 e. The monoisotopic (exact) mass is 446 g/mol. The highest BCUT2D eigenvalue weighted by Crippen LogP contribution is 2.46. The first-order valence-electron chi connectivity index (χ1n) is 11.1. The first-order valence-corrected chi connectivity index (χ1v) is 11.1. The van der Waals surface area contributed by atoms with E-state index in [1.807, 2.05) is 4.90 Å². The van der Waals surface area contributed by atoms with Crippen LogP contribution >= 0.6 is 0 Å². The van der Waals surface area contributed by atoms with Crippen molar-refractivity contribution in [3.05, 3.63) is 27.8 Å². The Morgan fingerprint density at radius 3 is 2.56 bits per heavy atom. The normalized spacial score (nSPS) is 21.4. The largest absolute Gasteiger partial charge is 0.492 e. The molecule has 174 valence electrons. The third-order valence-electron chi connectivity index (χ3n) is 6.95. The number of benzene rings is 1. The van der Waals surface area contributed by atoms with Gasteiger partial charge in [0.05, 0.1) is 23.7 Å². The summed E-state index contributed by atoms with van der Waals surface area (Å²) in [5.41, 5.74) is 5.29. The van der Waals surface area contributed by atoms with Crippen LogP contribution in [0.2, 0.25) is 0 Å². The average molecular weight is 447 g/mol. The van der Waals surface area contributed by atoms with E-state index >= 15 is 4.39 Å². The summed E-state index contributed by atoms with van der Waals surface area (Å²) < 4.78 is 23.2. The van der Waals surface area contributed by atoms with E-state index < -0.39 is 22.8 Å². The first-order chi connectivity index (χ1) is 15.2. The highest BCUT2D eigenvalue weighted by atomic mass is 19.1. The Balaban J connectivity index is 1.97. The molecule has 3 N–H and O–H groups in total. The van der Waals surface area contributed by atoms with Gasteiger partial charge in [-0.15, -0.1) is 0 Å². The zero-order valence-electron chi connectivity index (χ0n) is 19.0. The van der Waals surface area contributed by atoms with Gasteiger partial charge in [0, 0.05) is 31.4 Å². The lowest BCUT2D eigenvalue weighted by Gasteiger charge is -2.43. The summed E-state index contributed by atoms with van der Waals surface area (Å²) in [6.45, 7) is 3.39.